The average Bonchev–Trinajstić information content (AvgIpc) is 2.81. The highest BCUT2D eigenvalue weighted by atomic mass is 32.1. The lowest BCUT2D eigenvalue weighted by molar-refractivity contribution is 0.136. The first kappa shape index (κ1) is 11.1. The van der Waals surface area contributed by atoms with Crippen LogP contribution in [0.4, 0.5) is 0 Å². The van der Waals surface area contributed by atoms with Crippen LogP contribution in [0.25, 0.3) is 0 Å². The second-order valence-electron chi connectivity index (χ2n) is 4.43. The number of rotatable bonds is 3. The summed E-state index contributed by atoms with van der Waals surface area (Å²) in [6.45, 7) is 5.56. The Bertz CT molecular complexity index is 284. The predicted octanol–water partition coefficient (Wildman–Crippen LogP) is 2.48. The van der Waals surface area contributed by atoms with Crippen molar-refractivity contribution in [1.82, 2.24) is 4.90 Å². The first-order valence-corrected chi connectivity index (χ1v) is 6.66. The van der Waals surface area contributed by atoms with E-state index in [-0.39, 0.29) is 0 Å². The molecule has 0 aliphatic carbocycles. The van der Waals surface area contributed by atoms with E-state index in [1.54, 1.807) is 0 Å². The fraction of sp³-hybridized carbons (Fsp3) is 0.667. The Morgan fingerprint density at radius 2 is 2.53 bits per heavy atom. The molecule has 1 aliphatic rings. The van der Waals surface area contributed by atoms with E-state index >= 15 is 0 Å². The highest BCUT2D eigenvalue weighted by molar-refractivity contribution is 7.10. The molecule has 0 spiro atoms. The minimum absolute atomic E-state index is 0.569. The maximum Gasteiger partial charge on any atom is 0.0413 e. The summed E-state index contributed by atoms with van der Waals surface area (Å²) in [5, 5.41) is 2.16. The summed E-state index contributed by atoms with van der Waals surface area (Å²) in [4.78, 5) is 4.06. The third-order valence-electron chi connectivity index (χ3n) is 3.39. The highest BCUT2D eigenvalue weighted by Gasteiger charge is 2.23. The summed E-state index contributed by atoms with van der Waals surface area (Å²) in [5.74, 6) is 0.709. The van der Waals surface area contributed by atoms with Gasteiger partial charge in [0.25, 0.3) is 0 Å². The molecule has 1 aromatic heterocycles. The molecular weight excluding hydrogens is 204 g/mol. The van der Waals surface area contributed by atoms with Gasteiger partial charge in [0.05, 0.1) is 0 Å². The molecule has 1 fully saturated rings. The molecular formula is C12H20N2S. The topological polar surface area (TPSA) is 29.3 Å². The molecule has 84 valence electrons. The van der Waals surface area contributed by atoms with Crippen molar-refractivity contribution in [2.75, 3.05) is 19.6 Å². The zero-order valence-corrected chi connectivity index (χ0v) is 10.2. The molecule has 2 N–H and O–H groups in total. The average molecular weight is 224 g/mol. The normalized spacial score (nSPS) is 25.3. The summed E-state index contributed by atoms with van der Waals surface area (Å²) in [5.41, 5.74) is 5.76. The van der Waals surface area contributed by atoms with Crippen LogP contribution in [-0.4, -0.2) is 24.5 Å². The molecule has 0 amide bonds. The number of hydrogen-bond donors (Lipinski definition) is 1. The maximum absolute atomic E-state index is 5.76. The highest BCUT2D eigenvalue weighted by Crippen LogP contribution is 2.28. The second-order valence-corrected chi connectivity index (χ2v) is 5.41. The Morgan fingerprint density at radius 3 is 3.20 bits per heavy atom. The third kappa shape index (κ3) is 2.60. The molecule has 0 radical (unpaired) electrons. The van der Waals surface area contributed by atoms with Gasteiger partial charge in [-0.2, -0.15) is 0 Å². The molecule has 1 saturated heterocycles. The van der Waals surface area contributed by atoms with Crippen molar-refractivity contribution in [3.8, 4) is 0 Å². The van der Waals surface area contributed by atoms with Gasteiger partial charge < -0.3 is 5.73 Å². The van der Waals surface area contributed by atoms with Gasteiger partial charge in [-0.1, -0.05) is 6.07 Å². The predicted molar refractivity (Wildman–Crippen MR) is 66.1 cm³/mol. The monoisotopic (exact) mass is 224 g/mol. The number of hydrogen-bond acceptors (Lipinski definition) is 3. The van der Waals surface area contributed by atoms with Gasteiger partial charge in [-0.25, -0.2) is 0 Å². The van der Waals surface area contributed by atoms with Crippen molar-refractivity contribution in [3.63, 3.8) is 0 Å². The smallest absolute Gasteiger partial charge is 0.0413 e. The lowest BCUT2D eigenvalue weighted by atomic mass is 9.97. The van der Waals surface area contributed by atoms with Crippen LogP contribution in [0.15, 0.2) is 17.5 Å². The van der Waals surface area contributed by atoms with Crippen LogP contribution in [0.1, 0.15) is 30.7 Å². The summed E-state index contributed by atoms with van der Waals surface area (Å²) < 4.78 is 0. The number of nitrogens with zero attached hydrogens (tertiary/aromatic N) is 1. The van der Waals surface area contributed by atoms with Gasteiger partial charge in [-0.15, -0.1) is 11.3 Å². The molecule has 0 bridgehead atoms. The SMILES string of the molecule is CC(c1cccs1)N1CCCC(CN)C1. The Hall–Kier alpha value is -0.380. The fourth-order valence-electron chi connectivity index (χ4n) is 2.35. The van der Waals surface area contributed by atoms with Gasteiger partial charge in [0.15, 0.2) is 0 Å². The quantitative estimate of drug-likeness (QED) is 0.854. The molecule has 2 heterocycles. The van der Waals surface area contributed by atoms with E-state index in [0.29, 0.717) is 12.0 Å². The van der Waals surface area contributed by atoms with Crippen molar-refractivity contribution in [3.05, 3.63) is 22.4 Å². The van der Waals surface area contributed by atoms with Crippen molar-refractivity contribution >= 4 is 11.3 Å². The molecule has 2 rings (SSSR count). The zero-order chi connectivity index (χ0) is 10.7. The molecule has 2 atom stereocenters. The summed E-state index contributed by atoms with van der Waals surface area (Å²) >= 11 is 1.86. The van der Waals surface area contributed by atoms with Crippen LogP contribution in [0.2, 0.25) is 0 Å². The van der Waals surface area contributed by atoms with Crippen LogP contribution >= 0.6 is 11.3 Å². The van der Waals surface area contributed by atoms with E-state index < -0.39 is 0 Å². The largest absolute Gasteiger partial charge is 0.330 e. The first-order chi connectivity index (χ1) is 7.31. The number of likely N-dealkylation sites (tertiary alicyclic amines) is 1. The molecule has 1 aliphatic heterocycles. The van der Waals surface area contributed by atoms with Gasteiger partial charge in [-0.05, 0) is 50.2 Å². The Labute approximate surface area is 96.1 Å². The van der Waals surface area contributed by atoms with Gasteiger partial charge >= 0.3 is 0 Å². The third-order valence-corrected chi connectivity index (χ3v) is 4.43. The molecule has 2 nitrogen and oxygen atoms in total. The van der Waals surface area contributed by atoms with E-state index in [0.717, 1.165) is 6.54 Å². The van der Waals surface area contributed by atoms with E-state index in [1.165, 1.54) is 30.8 Å². The number of nitrogens with two attached hydrogens (primary N) is 1. The number of thiophene rings is 1. The van der Waals surface area contributed by atoms with Crippen LogP contribution in [-0.2, 0) is 0 Å². The van der Waals surface area contributed by atoms with Gasteiger partial charge in [-0.3, -0.25) is 4.90 Å². The standard InChI is InChI=1S/C12H20N2S/c1-10(12-5-3-7-15-12)14-6-2-4-11(8-13)9-14/h3,5,7,10-11H,2,4,6,8-9,13H2,1H3. The maximum atomic E-state index is 5.76. The van der Waals surface area contributed by atoms with Crippen molar-refractivity contribution in [2.24, 2.45) is 11.7 Å². The van der Waals surface area contributed by atoms with Crippen molar-refractivity contribution < 1.29 is 0 Å². The molecule has 0 saturated carbocycles. The lowest BCUT2D eigenvalue weighted by Crippen LogP contribution is -2.39. The minimum Gasteiger partial charge on any atom is -0.330 e. The summed E-state index contributed by atoms with van der Waals surface area (Å²) in [6.07, 6.45) is 2.61. The van der Waals surface area contributed by atoms with Crippen molar-refractivity contribution in [1.29, 1.82) is 0 Å². The number of piperidine rings is 1. The molecule has 15 heavy (non-hydrogen) atoms. The van der Waals surface area contributed by atoms with E-state index in [4.69, 9.17) is 5.73 Å². The van der Waals surface area contributed by atoms with Crippen LogP contribution in [0.5, 0.6) is 0 Å². The molecule has 1 aromatic rings. The van der Waals surface area contributed by atoms with Crippen LogP contribution < -0.4 is 5.73 Å². The van der Waals surface area contributed by atoms with Gasteiger partial charge in [0.1, 0.15) is 0 Å². The van der Waals surface area contributed by atoms with E-state index in [9.17, 15) is 0 Å². The molecule has 2 unspecified atom stereocenters. The van der Waals surface area contributed by atoms with Crippen molar-refractivity contribution in [2.45, 2.75) is 25.8 Å². The Balaban J connectivity index is 1.98. The molecule has 0 aromatic carbocycles. The minimum atomic E-state index is 0.569. The lowest BCUT2D eigenvalue weighted by Gasteiger charge is -2.36. The Morgan fingerprint density at radius 1 is 1.67 bits per heavy atom. The van der Waals surface area contributed by atoms with Gasteiger partial charge in [0.2, 0.25) is 0 Å². The summed E-state index contributed by atoms with van der Waals surface area (Å²) in [6, 6.07) is 4.95. The summed E-state index contributed by atoms with van der Waals surface area (Å²) in [7, 11) is 0. The zero-order valence-electron chi connectivity index (χ0n) is 9.36. The fourth-order valence-corrected chi connectivity index (χ4v) is 3.17. The molecule has 3 heteroatoms. The van der Waals surface area contributed by atoms with E-state index in [1.807, 2.05) is 11.3 Å². The van der Waals surface area contributed by atoms with E-state index in [2.05, 4.69) is 29.3 Å². The van der Waals surface area contributed by atoms with Gasteiger partial charge in [0, 0.05) is 17.5 Å². The Kier molecular flexibility index (Phi) is 3.78. The van der Waals surface area contributed by atoms with Crippen LogP contribution in [0.3, 0.4) is 0 Å². The van der Waals surface area contributed by atoms with Crippen LogP contribution in [0, 0.1) is 5.92 Å². The first-order valence-electron chi connectivity index (χ1n) is 5.78. The second kappa shape index (κ2) is 5.10.